The Labute approximate surface area is 117 Å². The first-order chi connectivity index (χ1) is 9.28. The van der Waals surface area contributed by atoms with Gasteiger partial charge >= 0.3 is 0 Å². The van der Waals surface area contributed by atoms with Crippen LogP contribution in [0.15, 0.2) is 35.1 Å². The van der Waals surface area contributed by atoms with Crippen molar-refractivity contribution in [3.8, 4) is 5.75 Å². The van der Waals surface area contributed by atoms with Crippen LogP contribution in [0.4, 0.5) is 0 Å². The van der Waals surface area contributed by atoms with Gasteiger partial charge in [0.25, 0.3) is 0 Å². The first kappa shape index (κ1) is 12.6. The first-order valence-electron chi connectivity index (χ1n) is 6.41. The fraction of sp³-hybridized carbons (Fsp3) is 0.333. The Bertz CT molecular complexity index is 566. The van der Waals surface area contributed by atoms with Crippen LogP contribution in [-0.2, 0) is 12.8 Å². The van der Waals surface area contributed by atoms with Crippen LogP contribution in [0.1, 0.15) is 22.7 Å². The lowest BCUT2D eigenvalue weighted by molar-refractivity contribution is 0.352. The minimum atomic E-state index is 0.200. The second-order valence-corrected chi connectivity index (χ2v) is 5.19. The molecule has 1 atom stereocenters. The van der Waals surface area contributed by atoms with E-state index in [0.717, 1.165) is 41.3 Å². The average molecular weight is 278 g/mol. The summed E-state index contributed by atoms with van der Waals surface area (Å²) in [6.45, 7) is 0.749. The lowest BCUT2D eigenvalue weighted by Gasteiger charge is -2.16. The number of hydrogen-bond acceptors (Lipinski definition) is 3. The van der Waals surface area contributed by atoms with Crippen LogP contribution in [0.25, 0.3) is 0 Å². The molecule has 0 saturated carbocycles. The highest BCUT2D eigenvalue weighted by Gasteiger charge is 2.20. The number of rotatable bonds is 4. The largest absolute Gasteiger partial charge is 0.493 e. The molecule has 0 fully saturated rings. The maximum absolute atomic E-state index is 6.19. The molecule has 1 aliphatic heterocycles. The molecule has 19 heavy (non-hydrogen) atoms. The first-order valence-corrected chi connectivity index (χ1v) is 6.79. The van der Waals surface area contributed by atoms with Crippen LogP contribution in [0.5, 0.6) is 5.75 Å². The molecule has 0 bridgehead atoms. The Hall–Kier alpha value is -1.45. The summed E-state index contributed by atoms with van der Waals surface area (Å²) < 4.78 is 10.9. The molecule has 1 aromatic carbocycles. The molecule has 1 N–H and O–H groups in total. The summed E-state index contributed by atoms with van der Waals surface area (Å²) in [7, 11) is 1.95. The molecule has 0 spiro atoms. The lowest BCUT2D eigenvalue weighted by atomic mass is 9.98. The Morgan fingerprint density at radius 1 is 1.42 bits per heavy atom. The SMILES string of the molecule is CNC(Cc1cc(Cl)cc2c1OCC2)c1ccoc1. The van der Waals surface area contributed by atoms with Crippen LogP contribution in [0.3, 0.4) is 0 Å². The normalized spacial score (nSPS) is 15.1. The summed E-state index contributed by atoms with van der Waals surface area (Å²) in [5.41, 5.74) is 3.50. The van der Waals surface area contributed by atoms with Gasteiger partial charge in [0.15, 0.2) is 0 Å². The molecule has 0 saturated heterocycles. The number of likely N-dealkylation sites (N-methyl/N-ethyl adjacent to an activating group) is 1. The van der Waals surface area contributed by atoms with Gasteiger partial charge in [-0.05, 0) is 42.8 Å². The molecular weight excluding hydrogens is 262 g/mol. The smallest absolute Gasteiger partial charge is 0.125 e. The maximum Gasteiger partial charge on any atom is 0.125 e. The van der Waals surface area contributed by atoms with Gasteiger partial charge in [-0.15, -0.1) is 0 Å². The van der Waals surface area contributed by atoms with E-state index >= 15 is 0 Å². The monoisotopic (exact) mass is 277 g/mol. The predicted molar refractivity (Wildman–Crippen MR) is 74.9 cm³/mol. The quantitative estimate of drug-likeness (QED) is 0.930. The van der Waals surface area contributed by atoms with Gasteiger partial charge in [0, 0.05) is 23.0 Å². The third-order valence-corrected chi connectivity index (χ3v) is 3.76. The highest BCUT2D eigenvalue weighted by molar-refractivity contribution is 6.30. The number of nitrogens with one attached hydrogen (secondary N) is 1. The van der Waals surface area contributed by atoms with Crippen molar-refractivity contribution in [3.05, 3.63) is 52.4 Å². The van der Waals surface area contributed by atoms with Gasteiger partial charge in [-0.1, -0.05) is 11.6 Å². The third kappa shape index (κ3) is 2.48. The molecule has 4 heteroatoms. The van der Waals surface area contributed by atoms with Gasteiger partial charge in [0.2, 0.25) is 0 Å². The topological polar surface area (TPSA) is 34.4 Å². The number of fused-ring (bicyclic) bond motifs is 1. The number of hydrogen-bond donors (Lipinski definition) is 1. The van der Waals surface area contributed by atoms with Crippen LogP contribution < -0.4 is 10.1 Å². The van der Waals surface area contributed by atoms with E-state index in [-0.39, 0.29) is 6.04 Å². The molecule has 3 nitrogen and oxygen atoms in total. The number of furan rings is 1. The minimum absolute atomic E-state index is 0.200. The molecule has 0 amide bonds. The average Bonchev–Trinajstić information content (AvgIpc) is 3.05. The van der Waals surface area contributed by atoms with Gasteiger partial charge in [-0.25, -0.2) is 0 Å². The van der Waals surface area contributed by atoms with Crippen molar-refractivity contribution in [1.82, 2.24) is 5.32 Å². The van der Waals surface area contributed by atoms with Gasteiger partial charge in [0.05, 0.1) is 19.1 Å². The molecule has 2 heterocycles. The summed E-state index contributed by atoms with van der Waals surface area (Å²) in [6, 6.07) is 6.17. The van der Waals surface area contributed by atoms with Crippen molar-refractivity contribution >= 4 is 11.6 Å². The van der Waals surface area contributed by atoms with Crippen molar-refractivity contribution in [2.45, 2.75) is 18.9 Å². The Kier molecular flexibility index (Phi) is 3.49. The highest BCUT2D eigenvalue weighted by Crippen LogP contribution is 2.35. The summed E-state index contributed by atoms with van der Waals surface area (Å²) in [6.07, 6.45) is 5.24. The van der Waals surface area contributed by atoms with E-state index in [2.05, 4.69) is 5.32 Å². The van der Waals surface area contributed by atoms with Crippen LogP contribution in [0, 0.1) is 0 Å². The summed E-state index contributed by atoms with van der Waals surface area (Å²) >= 11 is 6.19. The Balaban J connectivity index is 1.90. The molecular formula is C15H16ClNO2. The van der Waals surface area contributed by atoms with Gasteiger partial charge in [0.1, 0.15) is 5.75 Å². The number of ether oxygens (including phenoxy) is 1. The molecule has 1 aliphatic rings. The highest BCUT2D eigenvalue weighted by atomic mass is 35.5. The summed E-state index contributed by atoms with van der Waals surface area (Å²) in [5.74, 6) is 1.01. The fourth-order valence-corrected chi connectivity index (χ4v) is 2.84. The van der Waals surface area contributed by atoms with E-state index in [4.69, 9.17) is 20.8 Å². The van der Waals surface area contributed by atoms with E-state index in [1.54, 1.807) is 12.5 Å². The predicted octanol–water partition coefficient (Wildman–Crippen LogP) is 3.37. The van der Waals surface area contributed by atoms with Crippen molar-refractivity contribution in [1.29, 1.82) is 0 Å². The second kappa shape index (κ2) is 5.27. The molecule has 3 rings (SSSR count). The van der Waals surface area contributed by atoms with E-state index < -0.39 is 0 Å². The zero-order chi connectivity index (χ0) is 13.2. The zero-order valence-electron chi connectivity index (χ0n) is 10.8. The summed E-state index contributed by atoms with van der Waals surface area (Å²) in [4.78, 5) is 0. The maximum atomic E-state index is 6.19. The van der Waals surface area contributed by atoms with Gasteiger partial charge in [-0.3, -0.25) is 0 Å². The van der Waals surface area contributed by atoms with Gasteiger partial charge < -0.3 is 14.5 Å². The van der Waals surface area contributed by atoms with E-state index in [1.165, 1.54) is 5.56 Å². The molecule has 0 radical (unpaired) electrons. The minimum Gasteiger partial charge on any atom is -0.493 e. The Morgan fingerprint density at radius 3 is 3.05 bits per heavy atom. The van der Waals surface area contributed by atoms with E-state index in [0.29, 0.717) is 0 Å². The van der Waals surface area contributed by atoms with E-state index in [9.17, 15) is 0 Å². The van der Waals surface area contributed by atoms with Crippen LogP contribution in [-0.4, -0.2) is 13.7 Å². The molecule has 100 valence electrons. The van der Waals surface area contributed by atoms with Crippen molar-refractivity contribution < 1.29 is 9.15 Å². The number of benzene rings is 1. The van der Waals surface area contributed by atoms with Crippen LogP contribution in [0.2, 0.25) is 5.02 Å². The van der Waals surface area contributed by atoms with Crippen molar-refractivity contribution in [2.24, 2.45) is 0 Å². The van der Waals surface area contributed by atoms with Gasteiger partial charge in [-0.2, -0.15) is 0 Å². The molecule has 1 aromatic heterocycles. The summed E-state index contributed by atoms with van der Waals surface area (Å²) in [5, 5.41) is 4.08. The van der Waals surface area contributed by atoms with E-state index in [1.807, 2.05) is 25.2 Å². The fourth-order valence-electron chi connectivity index (χ4n) is 2.58. The van der Waals surface area contributed by atoms with Crippen LogP contribution >= 0.6 is 11.6 Å². The molecule has 1 unspecified atom stereocenters. The zero-order valence-corrected chi connectivity index (χ0v) is 11.5. The number of halogens is 1. The van der Waals surface area contributed by atoms with Crippen molar-refractivity contribution in [3.63, 3.8) is 0 Å². The molecule has 0 aliphatic carbocycles. The Morgan fingerprint density at radius 2 is 2.32 bits per heavy atom. The lowest BCUT2D eigenvalue weighted by Crippen LogP contribution is -2.18. The molecule has 2 aromatic rings. The van der Waals surface area contributed by atoms with Crippen molar-refractivity contribution in [2.75, 3.05) is 13.7 Å². The second-order valence-electron chi connectivity index (χ2n) is 4.75. The standard InChI is InChI=1S/C15H16ClNO2/c1-17-14(11-2-4-18-9-11)8-12-7-13(16)6-10-3-5-19-15(10)12/h2,4,6-7,9,14,17H,3,5,8H2,1H3. The third-order valence-electron chi connectivity index (χ3n) is 3.54.